The monoisotopic (exact) mass is 166 g/mol. The summed E-state index contributed by atoms with van der Waals surface area (Å²) in [6.45, 7) is 0. The zero-order valence-corrected chi connectivity index (χ0v) is 7.16. The summed E-state index contributed by atoms with van der Waals surface area (Å²) in [6, 6.07) is 0. The Balaban J connectivity index is 4.19. The van der Waals surface area contributed by atoms with Crippen LogP contribution in [0.5, 0.6) is 0 Å². The van der Waals surface area contributed by atoms with Crippen LogP contribution in [0.1, 0.15) is 0 Å². The molecule has 1 N–H and O–H groups in total. The van der Waals surface area contributed by atoms with E-state index in [9.17, 15) is 5.11 Å². The lowest BCUT2D eigenvalue weighted by Crippen LogP contribution is -2.47. The number of ether oxygens (including phenoxy) is 4. The van der Waals surface area contributed by atoms with Crippen molar-refractivity contribution in [3.8, 4) is 0 Å². The number of methoxy groups -OCH3 is 4. The molecule has 0 heterocycles. The fourth-order valence-corrected chi connectivity index (χ4v) is 0.670. The third kappa shape index (κ3) is 2.39. The Morgan fingerprint density at radius 2 is 1.36 bits per heavy atom. The molecular formula is C6H14O5. The molecule has 0 unspecified atom stereocenters. The van der Waals surface area contributed by atoms with E-state index < -0.39 is 12.3 Å². The maximum atomic E-state index is 9.39. The fourth-order valence-electron chi connectivity index (χ4n) is 0.670. The highest BCUT2D eigenvalue weighted by atomic mass is 16.9. The van der Waals surface area contributed by atoms with E-state index in [0.29, 0.717) is 0 Å². The maximum absolute atomic E-state index is 9.39. The van der Waals surface area contributed by atoms with Gasteiger partial charge < -0.3 is 24.1 Å². The molecule has 0 rings (SSSR count). The van der Waals surface area contributed by atoms with Crippen LogP contribution < -0.4 is 0 Å². The van der Waals surface area contributed by atoms with E-state index in [1.165, 1.54) is 28.4 Å². The van der Waals surface area contributed by atoms with Gasteiger partial charge in [-0.15, -0.1) is 0 Å². The van der Waals surface area contributed by atoms with Gasteiger partial charge in [0.15, 0.2) is 0 Å². The molecule has 0 radical (unpaired) electrons. The molecule has 11 heavy (non-hydrogen) atoms. The Morgan fingerprint density at radius 1 is 1.00 bits per heavy atom. The van der Waals surface area contributed by atoms with Crippen molar-refractivity contribution in [1.82, 2.24) is 0 Å². The van der Waals surface area contributed by atoms with Crippen molar-refractivity contribution in [3.63, 3.8) is 0 Å². The van der Waals surface area contributed by atoms with E-state index in [1.54, 1.807) is 0 Å². The molecule has 0 aliphatic heterocycles. The maximum Gasteiger partial charge on any atom is 0.334 e. The first kappa shape index (κ1) is 10.8. The topological polar surface area (TPSA) is 57.2 Å². The average Bonchev–Trinajstić information content (AvgIpc) is 2.06. The standard InChI is InChI=1S/C6H14O5/c1-8-5(9-2)6(7,10-3)11-4/h5,7H,1-4H3. The molecule has 0 amide bonds. The van der Waals surface area contributed by atoms with Crippen molar-refractivity contribution >= 4 is 0 Å². The lowest BCUT2D eigenvalue weighted by molar-refractivity contribution is -0.422. The van der Waals surface area contributed by atoms with Crippen molar-refractivity contribution in [1.29, 1.82) is 0 Å². The first-order valence-electron chi connectivity index (χ1n) is 3.02. The summed E-state index contributed by atoms with van der Waals surface area (Å²) >= 11 is 0. The molecule has 0 saturated carbocycles. The van der Waals surface area contributed by atoms with E-state index >= 15 is 0 Å². The highest BCUT2D eigenvalue weighted by Crippen LogP contribution is 2.15. The second-order valence-corrected chi connectivity index (χ2v) is 1.84. The van der Waals surface area contributed by atoms with E-state index in [-0.39, 0.29) is 0 Å². The average molecular weight is 166 g/mol. The zero-order valence-electron chi connectivity index (χ0n) is 7.16. The highest BCUT2D eigenvalue weighted by molar-refractivity contribution is 4.56. The van der Waals surface area contributed by atoms with Crippen LogP contribution in [0.15, 0.2) is 0 Å². The van der Waals surface area contributed by atoms with Gasteiger partial charge in [0.2, 0.25) is 6.29 Å². The number of hydrogen-bond donors (Lipinski definition) is 1. The van der Waals surface area contributed by atoms with Crippen molar-refractivity contribution in [3.05, 3.63) is 0 Å². The molecule has 5 heteroatoms. The Morgan fingerprint density at radius 3 is 1.45 bits per heavy atom. The van der Waals surface area contributed by atoms with Gasteiger partial charge in [-0.1, -0.05) is 0 Å². The first-order chi connectivity index (χ1) is 5.14. The summed E-state index contributed by atoms with van der Waals surface area (Å²) in [5, 5.41) is 9.39. The summed E-state index contributed by atoms with van der Waals surface area (Å²) in [5.41, 5.74) is 0. The van der Waals surface area contributed by atoms with E-state index in [2.05, 4.69) is 9.47 Å². The fraction of sp³-hybridized carbons (Fsp3) is 1.00. The van der Waals surface area contributed by atoms with Crippen molar-refractivity contribution in [2.75, 3.05) is 28.4 Å². The van der Waals surface area contributed by atoms with Gasteiger partial charge in [-0.05, 0) is 0 Å². The van der Waals surface area contributed by atoms with Crippen LogP contribution in [0.3, 0.4) is 0 Å². The van der Waals surface area contributed by atoms with Crippen molar-refractivity contribution in [2.24, 2.45) is 0 Å². The third-order valence-corrected chi connectivity index (χ3v) is 1.31. The minimum Gasteiger partial charge on any atom is -0.349 e. The van der Waals surface area contributed by atoms with Gasteiger partial charge in [-0.3, -0.25) is 0 Å². The van der Waals surface area contributed by atoms with Gasteiger partial charge in [0.05, 0.1) is 0 Å². The largest absolute Gasteiger partial charge is 0.349 e. The second kappa shape index (κ2) is 4.63. The molecule has 0 spiro atoms. The van der Waals surface area contributed by atoms with Crippen LogP contribution in [0.2, 0.25) is 0 Å². The molecule has 5 nitrogen and oxygen atoms in total. The summed E-state index contributed by atoms with van der Waals surface area (Å²) in [7, 11) is 5.32. The number of hydrogen-bond acceptors (Lipinski definition) is 5. The molecule has 0 aromatic rings. The van der Waals surface area contributed by atoms with Crippen LogP contribution in [0, 0.1) is 0 Å². The molecule has 0 aromatic carbocycles. The predicted octanol–water partition coefficient (Wildman–Crippen LogP) is -0.456. The molecule has 0 fully saturated rings. The summed E-state index contributed by atoms with van der Waals surface area (Å²) in [6.07, 6.45) is -0.961. The lowest BCUT2D eigenvalue weighted by Gasteiger charge is -2.29. The van der Waals surface area contributed by atoms with Gasteiger partial charge in [-0.2, -0.15) is 0 Å². The predicted molar refractivity (Wildman–Crippen MR) is 36.8 cm³/mol. The van der Waals surface area contributed by atoms with Crippen molar-refractivity contribution < 1.29 is 24.1 Å². The SMILES string of the molecule is COC(OC)C(O)(OC)OC. The second-order valence-electron chi connectivity index (χ2n) is 1.84. The zero-order chi connectivity index (χ0) is 8.91. The quantitative estimate of drug-likeness (QED) is 0.560. The summed E-state index contributed by atoms with van der Waals surface area (Å²) in [4.78, 5) is 0. The van der Waals surface area contributed by atoms with Crippen LogP contribution in [-0.4, -0.2) is 45.8 Å². The van der Waals surface area contributed by atoms with Crippen LogP contribution in [0.25, 0.3) is 0 Å². The van der Waals surface area contributed by atoms with Crippen LogP contribution in [0.4, 0.5) is 0 Å². The van der Waals surface area contributed by atoms with E-state index in [0.717, 1.165) is 0 Å². The van der Waals surface area contributed by atoms with E-state index in [4.69, 9.17) is 9.47 Å². The molecule has 0 atom stereocenters. The number of aliphatic hydroxyl groups is 1. The van der Waals surface area contributed by atoms with Gasteiger partial charge in [0.25, 0.3) is 0 Å². The summed E-state index contributed by atoms with van der Waals surface area (Å²) < 4.78 is 18.7. The van der Waals surface area contributed by atoms with Crippen LogP contribution >= 0.6 is 0 Å². The minimum atomic E-state index is -1.84. The Labute approximate surface area is 65.8 Å². The lowest BCUT2D eigenvalue weighted by atomic mass is 10.5. The molecule has 68 valence electrons. The van der Waals surface area contributed by atoms with Crippen molar-refractivity contribution in [2.45, 2.75) is 12.3 Å². The van der Waals surface area contributed by atoms with Gasteiger partial charge in [0, 0.05) is 28.4 Å². The molecule has 0 bridgehead atoms. The van der Waals surface area contributed by atoms with Gasteiger partial charge in [-0.25, -0.2) is 0 Å². The smallest absolute Gasteiger partial charge is 0.334 e. The normalized spacial score (nSPS) is 12.5. The molecule has 0 aliphatic rings. The Kier molecular flexibility index (Phi) is 4.55. The van der Waals surface area contributed by atoms with Crippen LogP contribution in [-0.2, 0) is 18.9 Å². The number of rotatable bonds is 5. The molecular weight excluding hydrogens is 152 g/mol. The highest BCUT2D eigenvalue weighted by Gasteiger charge is 2.38. The van der Waals surface area contributed by atoms with Gasteiger partial charge in [0.1, 0.15) is 0 Å². The minimum absolute atomic E-state index is 0.961. The Bertz CT molecular complexity index is 97.1. The molecule has 0 aromatic heterocycles. The van der Waals surface area contributed by atoms with Gasteiger partial charge >= 0.3 is 5.97 Å². The Hall–Kier alpha value is -0.200. The first-order valence-corrected chi connectivity index (χ1v) is 3.02. The summed E-state index contributed by atoms with van der Waals surface area (Å²) in [5.74, 6) is -1.84. The molecule has 0 aliphatic carbocycles. The third-order valence-electron chi connectivity index (χ3n) is 1.31. The van der Waals surface area contributed by atoms with E-state index in [1.807, 2.05) is 0 Å². The molecule has 0 saturated heterocycles.